The molecule has 0 aliphatic heterocycles. The molecular formula is C18H25N3OS2. The molecule has 1 aliphatic rings. The molecule has 1 fully saturated rings. The third kappa shape index (κ3) is 3.45. The largest absolute Gasteiger partial charge is 0.342 e. The van der Waals surface area contributed by atoms with Crippen molar-refractivity contribution in [2.24, 2.45) is 0 Å². The maximum absolute atomic E-state index is 12.8. The van der Waals surface area contributed by atoms with Crippen LogP contribution in [0.5, 0.6) is 0 Å². The summed E-state index contributed by atoms with van der Waals surface area (Å²) in [4.78, 5) is 25.9. The number of hydrogen-bond donors (Lipinski definition) is 0. The van der Waals surface area contributed by atoms with Gasteiger partial charge >= 0.3 is 0 Å². The van der Waals surface area contributed by atoms with Crippen LogP contribution in [-0.2, 0) is 4.79 Å². The fourth-order valence-electron chi connectivity index (χ4n) is 3.39. The minimum atomic E-state index is -0.130. The van der Waals surface area contributed by atoms with Crippen molar-refractivity contribution >= 4 is 39.2 Å². The molecule has 0 N–H and O–H groups in total. The monoisotopic (exact) mass is 363 g/mol. The van der Waals surface area contributed by atoms with Gasteiger partial charge in [-0.05, 0) is 39.2 Å². The van der Waals surface area contributed by atoms with E-state index in [4.69, 9.17) is 0 Å². The highest BCUT2D eigenvalue weighted by Gasteiger charge is 2.27. The quantitative estimate of drug-likeness (QED) is 0.589. The Kier molecular flexibility index (Phi) is 5.45. The summed E-state index contributed by atoms with van der Waals surface area (Å²) in [6.07, 6.45) is 7.68. The summed E-state index contributed by atoms with van der Waals surface area (Å²) in [7, 11) is 1.96. The zero-order valence-corrected chi connectivity index (χ0v) is 16.5. The number of fused-ring (bicyclic) bond motifs is 1. The Balaban J connectivity index is 1.77. The van der Waals surface area contributed by atoms with Gasteiger partial charge in [0.2, 0.25) is 5.91 Å². The molecule has 1 unspecified atom stereocenters. The van der Waals surface area contributed by atoms with Crippen molar-refractivity contribution in [3.8, 4) is 0 Å². The highest BCUT2D eigenvalue weighted by atomic mass is 32.2. The van der Waals surface area contributed by atoms with Crippen LogP contribution in [0.4, 0.5) is 0 Å². The van der Waals surface area contributed by atoms with Gasteiger partial charge < -0.3 is 4.90 Å². The van der Waals surface area contributed by atoms with Gasteiger partial charge in [0, 0.05) is 23.4 Å². The molecule has 0 spiro atoms. The molecule has 130 valence electrons. The summed E-state index contributed by atoms with van der Waals surface area (Å²) < 4.78 is 0. The molecule has 6 heteroatoms. The number of carbonyl (C=O) groups excluding carboxylic acids is 1. The molecule has 3 rings (SSSR count). The summed E-state index contributed by atoms with van der Waals surface area (Å²) in [5.41, 5.74) is 1.23. The van der Waals surface area contributed by atoms with Gasteiger partial charge in [0.25, 0.3) is 0 Å². The highest BCUT2D eigenvalue weighted by molar-refractivity contribution is 8.00. The van der Waals surface area contributed by atoms with Crippen LogP contribution >= 0.6 is 23.1 Å². The van der Waals surface area contributed by atoms with Crippen LogP contribution in [0.1, 0.15) is 49.5 Å². The SMILES string of the molecule is Cc1sc2ncnc(SC(C)C(=O)N(C)C3CCCCC3)c2c1C. The van der Waals surface area contributed by atoms with Crippen molar-refractivity contribution in [1.82, 2.24) is 14.9 Å². The molecule has 4 nitrogen and oxygen atoms in total. The second kappa shape index (κ2) is 7.40. The summed E-state index contributed by atoms with van der Waals surface area (Å²) in [6, 6.07) is 0.407. The van der Waals surface area contributed by atoms with Crippen LogP contribution in [-0.4, -0.2) is 39.1 Å². The topological polar surface area (TPSA) is 46.1 Å². The lowest BCUT2D eigenvalue weighted by atomic mass is 9.94. The number of hydrogen-bond acceptors (Lipinski definition) is 5. The van der Waals surface area contributed by atoms with Crippen molar-refractivity contribution in [1.29, 1.82) is 0 Å². The minimum absolute atomic E-state index is 0.130. The first kappa shape index (κ1) is 17.7. The van der Waals surface area contributed by atoms with Crippen LogP contribution in [0.3, 0.4) is 0 Å². The number of rotatable bonds is 4. The Morgan fingerprint density at radius 3 is 2.71 bits per heavy atom. The average Bonchev–Trinajstić information content (AvgIpc) is 2.89. The first-order chi connectivity index (χ1) is 11.5. The minimum Gasteiger partial charge on any atom is -0.342 e. The smallest absolute Gasteiger partial charge is 0.235 e. The molecule has 24 heavy (non-hydrogen) atoms. The van der Waals surface area contributed by atoms with E-state index in [0.717, 1.165) is 28.1 Å². The first-order valence-corrected chi connectivity index (χ1v) is 10.3. The van der Waals surface area contributed by atoms with Crippen LogP contribution in [0.25, 0.3) is 10.2 Å². The number of aromatic nitrogens is 2. The second-order valence-corrected chi connectivity index (χ2v) is 9.18. The van der Waals surface area contributed by atoms with E-state index in [1.807, 2.05) is 18.9 Å². The van der Waals surface area contributed by atoms with E-state index in [1.165, 1.54) is 29.7 Å². The standard InChI is InChI=1S/C18H25N3OS2/c1-11-12(2)23-16-15(11)17(20-10-19-16)24-13(3)18(22)21(4)14-8-6-5-7-9-14/h10,13-14H,5-9H2,1-4H3. The van der Waals surface area contributed by atoms with Crippen molar-refractivity contribution in [2.75, 3.05) is 7.05 Å². The van der Waals surface area contributed by atoms with Gasteiger partial charge in [-0.3, -0.25) is 4.79 Å². The van der Waals surface area contributed by atoms with E-state index in [9.17, 15) is 4.79 Å². The van der Waals surface area contributed by atoms with E-state index < -0.39 is 0 Å². The summed E-state index contributed by atoms with van der Waals surface area (Å²) in [5.74, 6) is 0.211. The van der Waals surface area contributed by atoms with Crippen LogP contribution in [0.15, 0.2) is 11.4 Å². The number of thiophene rings is 1. The normalized spacial score (nSPS) is 17.2. The van der Waals surface area contributed by atoms with Gasteiger partial charge in [0.05, 0.1) is 5.25 Å². The van der Waals surface area contributed by atoms with Gasteiger partial charge in [-0.15, -0.1) is 11.3 Å². The first-order valence-electron chi connectivity index (χ1n) is 8.63. The Hall–Kier alpha value is -1.14. The molecule has 2 aromatic heterocycles. The van der Waals surface area contributed by atoms with Crippen molar-refractivity contribution in [3.63, 3.8) is 0 Å². The van der Waals surface area contributed by atoms with Crippen LogP contribution < -0.4 is 0 Å². The lowest BCUT2D eigenvalue weighted by molar-refractivity contribution is -0.131. The fourth-order valence-corrected chi connectivity index (χ4v) is 5.53. The molecule has 0 bridgehead atoms. The highest BCUT2D eigenvalue weighted by Crippen LogP contribution is 2.36. The lowest BCUT2D eigenvalue weighted by Gasteiger charge is -2.32. The Bertz CT molecular complexity index is 737. The van der Waals surface area contributed by atoms with E-state index >= 15 is 0 Å². The van der Waals surface area contributed by atoms with E-state index in [1.54, 1.807) is 29.4 Å². The second-order valence-electron chi connectivity index (χ2n) is 6.64. The fraction of sp³-hybridized carbons (Fsp3) is 0.611. The third-order valence-corrected chi connectivity index (χ3v) is 7.24. The van der Waals surface area contributed by atoms with Gasteiger partial charge in [0.15, 0.2) is 0 Å². The van der Waals surface area contributed by atoms with E-state index in [-0.39, 0.29) is 11.2 Å². The molecule has 2 heterocycles. The summed E-state index contributed by atoms with van der Waals surface area (Å²) >= 11 is 3.26. The van der Waals surface area contributed by atoms with Gasteiger partial charge in [0.1, 0.15) is 16.2 Å². The maximum atomic E-state index is 12.8. The Morgan fingerprint density at radius 2 is 2.00 bits per heavy atom. The molecule has 0 radical (unpaired) electrons. The number of nitrogens with zero attached hydrogens (tertiary/aromatic N) is 3. The van der Waals surface area contributed by atoms with Gasteiger partial charge in [-0.25, -0.2) is 9.97 Å². The van der Waals surface area contributed by atoms with E-state index in [0.29, 0.717) is 6.04 Å². The lowest BCUT2D eigenvalue weighted by Crippen LogP contribution is -2.42. The predicted molar refractivity (Wildman–Crippen MR) is 102 cm³/mol. The molecule has 1 amide bonds. The van der Waals surface area contributed by atoms with Crippen LogP contribution in [0, 0.1) is 13.8 Å². The average molecular weight is 364 g/mol. The summed E-state index contributed by atoms with van der Waals surface area (Å²) in [6.45, 7) is 6.22. The predicted octanol–water partition coefficient (Wildman–Crippen LogP) is 4.58. The Morgan fingerprint density at radius 1 is 1.29 bits per heavy atom. The van der Waals surface area contributed by atoms with Crippen molar-refractivity contribution in [3.05, 3.63) is 16.8 Å². The zero-order valence-electron chi connectivity index (χ0n) is 14.8. The van der Waals surface area contributed by atoms with Gasteiger partial charge in [-0.1, -0.05) is 31.0 Å². The maximum Gasteiger partial charge on any atom is 0.235 e. The van der Waals surface area contributed by atoms with Crippen molar-refractivity contribution < 1.29 is 4.79 Å². The molecule has 1 atom stereocenters. The van der Waals surface area contributed by atoms with Crippen LogP contribution in [0.2, 0.25) is 0 Å². The number of thioether (sulfide) groups is 1. The number of amides is 1. The van der Waals surface area contributed by atoms with Crippen molar-refractivity contribution in [2.45, 2.75) is 69.2 Å². The number of aryl methyl sites for hydroxylation is 2. The Labute approximate surface area is 152 Å². The zero-order chi connectivity index (χ0) is 17.3. The number of carbonyl (C=O) groups is 1. The van der Waals surface area contributed by atoms with Gasteiger partial charge in [-0.2, -0.15) is 0 Å². The molecule has 1 saturated carbocycles. The van der Waals surface area contributed by atoms with E-state index in [2.05, 4.69) is 23.8 Å². The molecular weight excluding hydrogens is 338 g/mol. The summed E-state index contributed by atoms with van der Waals surface area (Å²) in [5, 5.41) is 1.92. The third-order valence-electron chi connectivity index (χ3n) is 5.04. The molecule has 2 aromatic rings. The molecule has 1 aliphatic carbocycles. The molecule has 0 aromatic carbocycles. The molecule has 0 saturated heterocycles.